The normalized spacial score (nSPS) is 10.6. The fourth-order valence-corrected chi connectivity index (χ4v) is 3.32. The molecule has 0 aliphatic carbocycles. The van der Waals surface area contributed by atoms with Crippen LogP contribution in [0.15, 0.2) is 60.9 Å². The van der Waals surface area contributed by atoms with Crippen molar-refractivity contribution in [1.29, 1.82) is 0 Å². The standard InChI is InChI=1S/C24H26N8O2/c1-16(33)25-9-10-26-21-14-22(32-23(31-21)17-5-3-2-4-6-17)27-11-12-28-24(34)18-7-8-19-20(13-18)30-15-29-19/h2-8,13-15H,9-12H2,1H3,(H,25,33)(H,28,34)(H,29,30)(H2,26,27,31,32). The molecule has 0 unspecified atom stereocenters. The molecule has 0 aliphatic heterocycles. The van der Waals surface area contributed by atoms with E-state index in [0.717, 1.165) is 16.6 Å². The van der Waals surface area contributed by atoms with E-state index in [1.54, 1.807) is 24.5 Å². The average molecular weight is 459 g/mol. The lowest BCUT2D eigenvalue weighted by Crippen LogP contribution is -2.29. The molecular weight excluding hydrogens is 432 g/mol. The van der Waals surface area contributed by atoms with Crippen LogP contribution in [0.2, 0.25) is 0 Å². The van der Waals surface area contributed by atoms with Gasteiger partial charge in [-0.1, -0.05) is 30.3 Å². The van der Waals surface area contributed by atoms with Crippen LogP contribution in [-0.4, -0.2) is 57.9 Å². The molecule has 2 aromatic carbocycles. The van der Waals surface area contributed by atoms with Crippen molar-refractivity contribution in [2.75, 3.05) is 36.8 Å². The Labute approximate surface area is 196 Å². The van der Waals surface area contributed by atoms with Gasteiger partial charge in [0.1, 0.15) is 11.6 Å². The Morgan fingerprint density at radius 2 is 1.56 bits per heavy atom. The minimum absolute atomic E-state index is 0.0802. The van der Waals surface area contributed by atoms with Gasteiger partial charge in [0.05, 0.1) is 17.4 Å². The number of fused-ring (bicyclic) bond motifs is 1. The summed E-state index contributed by atoms with van der Waals surface area (Å²) in [5, 5.41) is 12.1. The number of imidazole rings is 1. The maximum atomic E-state index is 12.5. The molecule has 0 bridgehead atoms. The van der Waals surface area contributed by atoms with Crippen molar-refractivity contribution >= 4 is 34.5 Å². The highest BCUT2D eigenvalue weighted by molar-refractivity contribution is 5.97. The van der Waals surface area contributed by atoms with Gasteiger partial charge in [-0.3, -0.25) is 9.59 Å². The molecule has 2 heterocycles. The summed E-state index contributed by atoms with van der Waals surface area (Å²) in [5.74, 6) is 1.60. The van der Waals surface area contributed by atoms with Crippen molar-refractivity contribution in [3.8, 4) is 11.4 Å². The minimum Gasteiger partial charge on any atom is -0.368 e. The summed E-state index contributed by atoms with van der Waals surface area (Å²) in [4.78, 5) is 39.9. The first-order valence-electron chi connectivity index (χ1n) is 11.0. The van der Waals surface area contributed by atoms with Crippen LogP contribution in [-0.2, 0) is 4.79 Å². The van der Waals surface area contributed by atoms with Gasteiger partial charge < -0.3 is 26.3 Å². The van der Waals surface area contributed by atoms with E-state index in [-0.39, 0.29) is 11.8 Å². The van der Waals surface area contributed by atoms with Gasteiger partial charge in [0.15, 0.2) is 5.82 Å². The van der Waals surface area contributed by atoms with E-state index >= 15 is 0 Å². The quantitative estimate of drug-likeness (QED) is 0.230. The van der Waals surface area contributed by atoms with Gasteiger partial charge in [0.25, 0.3) is 5.91 Å². The number of nitrogens with zero attached hydrogens (tertiary/aromatic N) is 3. The second-order valence-corrected chi connectivity index (χ2v) is 7.55. The van der Waals surface area contributed by atoms with Crippen molar-refractivity contribution < 1.29 is 9.59 Å². The number of anilines is 2. The first-order valence-corrected chi connectivity index (χ1v) is 11.0. The molecule has 5 N–H and O–H groups in total. The summed E-state index contributed by atoms with van der Waals surface area (Å²) in [7, 11) is 0. The van der Waals surface area contributed by atoms with Crippen molar-refractivity contribution in [3.63, 3.8) is 0 Å². The Bertz CT molecular complexity index is 1270. The summed E-state index contributed by atoms with van der Waals surface area (Å²) in [6, 6.07) is 16.8. The molecule has 10 heteroatoms. The van der Waals surface area contributed by atoms with E-state index in [4.69, 9.17) is 0 Å². The highest BCUT2D eigenvalue weighted by atomic mass is 16.2. The molecule has 0 saturated heterocycles. The van der Waals surface area contributed by atoms with Crippen molar-refractivity contribution in [2.45, 2.75) is 6.92 Å². The van der Waals surface area contributed by atoms with Gasteiger partial charge in [-0.05, 0) is 18.2 Å². The number of carbonyl (C=O) groups excluding carboxylic acids is 2. The van der Waals surface area contributed by atoms with E-state index in [1.165, 1.54) is 6.92 Å². The van der Waals surface area contributed by atoms with Crippen LogP contribution < -0.4 is 21.3 Å². The van der Waals surface area contributed by atoms with Gasteiger partial charge in [0.2, 0.25) is 5.91 Å². The highest BCUT2D eigenvalue weighted by Gasteiger charge is 2.09. The monoisotopic (exact) mass is 458 g/mol. The number of hydrogen-bond donors (Lipinski definition) is 5. The molecule has 34 heavy (non-hydrogen) atoms. The number of nitrogens with one attached hydrogen (secondary N) is 5. The zero-order chi connectivity index (χ0) is 23.8. The Kier molecular flexibility index (Phi) is 7.28. The Balaban J connectivity index is 1.37. The summed E-state index contributed by atoms with van der Waals surface area (Å²) in [6.07, 6.45) is 1.60. The third kappa shape index (κ3) is 6.06. The van der Waals surface area contributed by atoms with E-state index in [9.17, 15) is 9.59 Å². The number of rotatable bonds is 10. The zero-order valence-corrected chi connectivity index (χ0v) is 18.8. The highest BCUT2D eigenvalue weighted by Crippen LogP contribution is 2.20. The van der Waals surface area contributed by atoms with Crippen LogP contribution in [0.25, 0.3) is 22.4 Å². The Morgan fingerprint density at radius 3 is 2.26 bits per heavy atom. The maximum Gasteiger partial charge on any atom is 0.251 e. The third-order valence-corrected chi connectivity index (χ3v) is 4.96. The SMILES string of the molecule is CC(=O)NCCNc1cc(NCCNC(=O)c2ccc3nc[nH]c3c2)nc(-c2ccccc2)n1. The molecule has 0 radical (unpaired) electrons. The minimum atomic E-state index is -0.161. The van der Waals surface area contributed by atoms with E-state index in [2.05, 4.69) is 41.2 Å². The molecule has 4 rings (SSSR count). The van der Waals surface area contributed by atoms with Gasteiger partial charge in [-0.25, -0.2) is 15.0 Å². The van der Waals surface area contributed by atoms with Crippen molar-refractivity contribution in [3.05, 3.63) is 66.5 Å². The number of carbonyl (C=O) groups is 2. The van der Waals surface area contributed by atoms with Gasteiger partial charge in [-0.15, -0.1) is 0 Å². The third-order valence-electron chi connectivity index (χ3n) is 4.96. The summed E-state index contributed by atoms with van der Waals surface area (Å²) < 4.78 is 0. The van der Waals surface area contributed by atoms with E-state index < -0.39 is 0 Å². The molecule has 2 amide bonds. The fraction of sp³-hybridized carbons (Fsp3) is 0.208. The number of H-pyrrole nitrogens is 1. The molecule has 0 spiro atoms. The number of amides is 2. The van der Waals surface area contributed by atoms with Crippen molar-refractivity contribution in [2.24, 2.45) is 0 Å². The number of aromatic nitrogens is 4. The second kappa shape index (κ2) is 10.9. The smallest absolute Gasteiger partial charge is 0.251 e. The molecule has 10 nitrogen and oxygen atoms in total. The fourth-order valence-electron chi connectivity index (χ4n) is 3.32. The molecular formula is C24H26N8O2. The summed E-state index contributed by atoms with van der Waals surface area (Å²) in [5.41, 5.74) is 3.09. The van der Waals surface area contributed by atoms with Crippen LogP contribution in [0.3, 0.4) is 0 Å². The van der Waals surface area contributed by atoms with Crippen LogP contribution >= 0.6 is 0 Å². The average Bonchev–Trinajstić information content (AvgIpc) is 3.33. The number of benzene rings is 2. The Morgan fingerprint density at radius 1 is 0.853 bits per heavy atom. The molecule has 174 valence electrons. The van der Waals surface area contributed by atoms with Crippen LogP contribution in [0.5, 0.6) is 0 Å². The first-order chi connectivity index (χ1) is 16.6. The van der Waals surface area contributed by atoms with Crippen LogP contribution in [0.4, 0.5) is 11.6 Å². The molecule has 0 aliphatic rings. The summed E-state index contributed by atoms with van der Waals surface area (Å²) in [6.45, 7) is 3.39. The van der Waals surface area contributed by atoms with Gasteiger partial charge in [0, 0.05) is 50.3 Å². The maximum absolute atomic E-state index is 12.5. The lowest BCUT2D eigenvalue weighted by atomic mass is 10.2. The molecule has 4 aromatic rings. The largest absolute Gasteiger partial charge is 0.368 e. The van der Waals surface area contributed by atoms with Gasteiger partial charge in [-0.2, -0.15) is 0 Å². The lowest BCUT2D eigenvalue weighted by Gasteiger charge is -2.12. The van der Waals surface area contributed by atoms with E-state index in [1.807, 2.05) is 36.4 Å². The first kappa shape index (κ1) is 22.7. The second-order valence-electron chi connectivity index (χ2n) is 7.55. The number of aromatic amines is 1. The number of hydrogen-bond acceptors (Lipinski definition) is 7. The predicted molar refractivity (Wildman–Crippen MR) is 132 cm³/mol. The van der Waals surface area contributed by atoms with E-state index in [0.29, 0.717) is 49.2 Å². The van der Waals surface area contributed by atoms with Crippen LogP contribution in [0.1, 0.15) is 17.3 Å². The lowest BCUT2D eigenvalue weighted by molar-refractivity contribution is -0.118. The topological polar surface area (TPSA) is 137 Å². The molecule has 2 aromatic heterocycles. The molecule has 0 fully saturated rings. The summed E-state index contributed by atoms with van der Waals surface area (Å²) >= 11 is 0. The zero-order valence-electron chi connectivity index (χ0n) is 18.8. The molecule has 0 atom stereocenters. The predicted octanol–water partition coefficient (Wildman–Crippen LogP) is 2.41. The van der Waals surface area contributed by atoms with Crippen LogP contribution in [0, 0.1) is 0 Å². The van der Waals surface area contributed by atoms with Crippen molar-refractivity contribution in [1.82, 2.24) is 30.6 Å². The Hall–Kier alpha value is -4.47. The molecule has 0 saturated carbocycles. The van der Waals surface area contributed by atoms with Gasteiger partial charge >= 0.3 is 0 Å².